The second-order valence-corrected chi connectivity index (χ2v) is 4.61. The maximum Gasteiger partial charge on any atom is 0.326 e. The molecule has 2 N–H and O–H groups in total. The Morgan fingerprint density at radius 1 is 1.45 bits per heavy atom. The van der Waals surface area contributed by atoms with Gasteiger partial charge in [-0.2, -0.15) is 0 Å². The number of hydrogen-bond donors (Lipinski definition) is 2. The lowest BCUT2D eigenvalue weighted by Gasteiger charge is -2.20. The molecule has 1 rings (SSSR count). The van der Waals surface area contributed by atoms with Gasteiger partial charge in [0.05, 0.1) is 6.54 Å². The van der Waals surface area contributed by atoms with Crippen molar-refractivity contribution in [2.75, 3.05) is 0 Å². The van der Waals surface area contributed by atoms with Crippen molar-refractivity contribution < 1.29 is 23.5 Å². The molecule has 7 heteroatoms. The minimum Gasteiger partial charge on any atom is -0.480 e. The lowest BCUT2D eigenvalue weighted by atomic mass is 9.99. The SMILES string of the molecule is CCC(C)C(NC(=O)c1cccn1CC(F)F)C(=O)O. The summed E-state index contributed by atoms with van der Waals surface area (Å²) in [5.41, 5.74) is 0.0276. The average Bonchev–Trinajstić information content (AvgIpc) is 2.81. The summed E-state index contributed by atoms with van der Waals surface area (Å²) < 4.78 is 25.8. The van der Waals surface area contributed by atoms with Gasteiger partial charge in [0.2, 0.25) is 0 Å². The number of hydrogen-bond acceptors (Lipinski definition) is 2. The summed E-state index contributed by atoms with van der Waals surface area (Å²) in [6, 6.07) is 1.81. The number of carboxylic acid groups (broad SMARTS) is 1. The zero-order valence-corrected chi connectivity index (χ0v) is 11.3. The second kappa shape index (κ2) is 7.02. The normalized spacial score (nSPS) is 14.1. The molecule has 5 nitrogen and oxygen atoms in total. The fraction of sp³-hybridized carbons (Fsp3) is 0.538. The van der Waals surface area contributed by atoms with Gasteiger partial charge >= 0.3 is 5.97 Å². The highest BCUT2D eigenvalue weighted by Gasteiger charge is 2.26. The number of carbonyl (C=O) groups is 2. The van der Waals surface area contributed by atoms with Crippen molar-refractivity contribution in [3.63, 3.8) is 0 Å². The Morgan fingerprint density at radius 2 is 2.10 bits per heavy atom. The largest absolute Gasteiger partial charge is 0.480 e. The molecule has 0 aliphatic carbocycles. The Kier molecular flexibility index (Phi) is 5.66. The molecule has 2 unspecified atom stereocenters. The minimum absolute atomic E-state index is 0.0276. The number of aromatic nitrogens is 1. The molecular formula is C13H18F2N2O3. The molecule has 0 radical (unpaired) electrons. The molecule has 112 valence electrons. The van der Waals surface area contributed by atoms with Gasteiger partial charge in [0.15, 0.2) is 0 Å². The molecular weight excluding hydrogens is 270 g/mol. The van der Waals surface area contributed by atoms with E-state index in [9.17, 15) is 18.4 Å². The van der Waals surface area contributed by atoms with E-state index in [0.29, 0.717) is 6.42 Å². The summed E-state index contributed by atoms with van der Waals surface area (Å²) in [7, 11) is 0. The van der Waals surface area contributed by atoms with E-state index in [1.807, 2.05) is 6.92 Å². The lowest BCUT2D eigenvalue weighted by Crippen LogP contribution is -2.45. The topological polar surface area (TPSA) is 71.3 Å². The van der Waals surface area contributed by atoms with E-state index >= 15 is 0 Å². The third kappa shape index (κ3) is 4.04. The maximum atomic E-state index is 12.4. The van der Waals surface area contributed by atoms with Crippen LogP contribution < -0.4 is 5.32 Å². The molecule has 1 amide bonds. The van der Waals surface area contributed by atoms with Crippen molar-refractivity contribution in [2.45, 2.75) is 39.3 Å². The number of aliphatic carboxylic acids is 1. The standard InChI is InChI=1S/C13H18F2N2O3/c1-3-8(2)11(13(19)20)16-12(18)9-5-4-6-17(9)7-10(14)15/h4-6,8,10-11H,3,7H2,1-2H3,(H,16,18)(H,19,20). The monoisotopic (exact) mass is 288 g/mol. The van der Waals surface area contributed by atoms with Crippen molar-refractivity contribution in [2.24, 2.45) is 5.92 Å². The molecule has 0 bridgehead atoms. The van der Waals surface area contributed by atoms with Crippen LogP contribution in [0.15, 0.2) is 18.3 Å². The molecule has 0 saturated heterocycles. The Labute approximate surface area is 115 Å². The first-order valence-electron chi connectivity index (χ1n) is 6.33. The first-order valence-corrected chi connectivity index (χ1v) is 6.33. The highest BCUT2D eigenvalue weighted by molar-refractivity contribution is 5.95. The van der Waals surface area contributed by atoms with Gasteiger partial charge in [0.25, 0.3) is 12.3 Å². The number of halogens is 2. The van der Waals surface area contributed by atoms with Crippen molar-refractivity contribution in [3.05, 3.63) is 24.0 Å². The maximum absolute atomic E-state index is 12.4. The molecule has 0 spiro atoms. The molecule has 1 aromatic rings. The fourth-order valence-corrected chi connectivity index (χ4v) is 1.83. The number of nitrogens with zero attached hydrogens (tertiary/aromatic N) is 1. The Hall–Kier alpha value is -1.92. The third-order valence-corrected chi connectivity index (χ3v) is 3.16. The molecule has 0 aromatic carbocycles. The van der Waals surface area contributed by atoms with Crippen molar-refractivity contribution >= 4 is 11.9 Å². The van der Waals surface area contributed by atoms with Crippen LogP contribution in [0, 0.1) is 5.92 Å². The Bertz CT molecular complexity index is 474. The minimum atomic E-state index is -2.58. The number of rotatable bonds is 7. The summed E-state index contributed by atoms with van der Waals surface area (Å²) in [5, 5.41) is 11.5. The van der Waals surface area contributed by atoms with E-state index in [2.05, 4.69) is 5.32 Å². The fourth-order valence-electron chi connectivity index (χ4n) is 1.83. The number of carboxylic acids is 1. The zero-order chi connectivity index (χ0) is 15.3. The van der Waals surface area contributed by atoms with Crippen LogP contribution in [0.3, 0.4) is 0 Å². The van der Waals surface area contributed by atoms with Crippen LogP contribution >= 0.6 is 0 Å². The van der Waals surface area contributed by atoms with E-state index in [1.54, 1.807) is 6.92 Å². The molecule has 2 atom stereocenters. The number of nitrogens with one attached hydrogen (secondary N) is 1. The molecule has 0 aliphatic heterocycles. The summed E-state index contributed by atoms with van der Waals surface area (Å²) in [4.78, 5) is 23.1. The van der Waals surface area contributed by atoms with E-state index in [4.69, 9.17) is 5.11 Å². The second-order valence-electron chi connectivity index (χ2n) is 4.61. The van der Waals surface area contributed by atoms with Crippen molar-refractivity contribution in [3.8, 4) is 0 Å². The molecule has 20 heavy (non-hydrogen) atoms. The van der Waals surface area contributed by atoms with Gasteiger partial charge in [-0.1, -0.05) is 20.3 Å². The number of amides is 1. The van der Waals surface area contributed by atoms with E-state index < -0.39 is 30.9 Å². The van der Waals surface area contributed by atoms with E-state index in [0.717, 1.165) is 4.57 Å². The van der Waals surface area contributed by atoms with Gasteiger partial charge in [-0.3, -0.25) is 4.79 Å². The van der Waals surface area contributed by atoms with Gasteiger partial charge < -0.3 is 15.0 Å². The molecule has 1 aromatic heterocycles. The highest BCUT2D eigenvalue weighted by Crippen LogP contribution is 2.11. The van der Waals surface area contributed by atoms with Gasteiger partial charge in [-0.05, 0) is 18.1 Å². The predicted molar refractivity (Wildman–Crippen MR) is 68.8 cm³/mol. The quantitative estimate of drug-likeness (QED) is 0.806. The van der Waals surface area contributed by atoms with Crippen LogP contribution in [-0.2, 0) is 11.3 Å². The summed E-state index contributed by atoms with van der Waals surface area (Å²) in [5.74, 6) is -2.06. The van der Waals surface area contributed by atoms with Crippen LogP contribution in [0.4, 0.5) is 8.78 Å². The highest BCUT2D eigenvalue weighted by atomic mass is 19.3. The van der Waals surface area contributed by atoms with Crippen LogP contribution in [0.25, 0.3) is 0 Å². The molecule has 0 saturated carbocycles. The molecule has 1 heterocycles. The first kappa shape index (κ1) is 16.1. The van der Waals surface area contributed by atoms with Gasteiger partial charge in [-0.15, -0.1) is 0 Å². The third-order valence-electron chi connectivity index (χ3n) is 3.16. The predicted octanol–water partition coefficient (Wildman–Crippen LogP) is 1.98. The molecule has 0 aliphatic rings. The lowest BCUT2D eigenvalue weighted by molar-refractivity contribution is -0.140. The van der Waals surface area contributed by atoms with E-state index in [-0.39, 0.29) is 11.6 Å². The van der Waals surface area contributed by atoms with Crippen LogP contribution in [0.2, 0.25) is 0 Å². The van der Waals surface area contributed by atoms with Crippen LogP contribution in [0.5, 0.6) is 0 Å². The summed E-state index contributed by atoms with van der Waals surface area (Å²) >= 11 is 0. The summed E-state index contributed by atoms with van der Waals surface area (Å²) in [6.07, 6.45) is -0.645. The van der Waals surface area contributed by atoms with Gasteiger partial charge in [0, 0.05) is 6.20 Å². The number of alkyl halides is 2. The van der Waals surface area contributed by atoms with Gasteiger partial charge in [-0.25, -0.2) is 13.6 Å². The van der Waals surface area contributed by atoms with Crippen LogP contribution in [-0.4, -0.2) is 34.0 Å². The summed E-state index contributed by atoms with van der Waals surface area (Å²) in [6.45, 7) is 2.92. The zero-order valence-electron chi connectivity index (χ0n) is 11.3. The van der Waals surface area contributed by atoms with Crippen LogP contribution in [0.1, 0.15) is 30.8 Å². The Morgan fingerprint density at radius 3 is 2.60 bits per heavy atom. The Balaban J connectivity index is 2.84. The van der Waals surface area contributed by atoms with E-state index in [1.165, 1.54) is 18.3 Å². The van der Waals surface area contributed by atoms with Crippen molar-refractivity contribution in [1.82, 2.24) is 9.88 Å². The average molecular weight is 288 g/mol. The van der Waals surface area contributed by atoms with Gasteiger partial charge in [0.1, 0.15) is 11.7 Å². The number of carbonyl (C=O) groups excluding carboxylic acids is 1. The first-order chi connectivity index (χ1) is 9.36. The smallest absolute Gasteiger partial charge is 0.326 e. The molecule has 0 fully saturated rings. The van der Waals surface area contributed by atoms with Crippen molar-refractivity contribution in [1.29, 1.82) is 0 Å².